The average molecular weight is 357 g/mol. The van der Waals surface area contributed by atoms with Crippen molar-refractivity contribution in [1.82, 2.24) is 10.2 Å². The van der Waals surface area contributed by atoms with E-state index in [-0.39, 0.29) is 5.91 Å². The van der Waals surface area contributed by atoms with E-state index in [1.807, 2.05) is 39.8 Å². The van der Waals surface area contributed by atoms with E-state index in [1.54, 1.807) is 7.11 Å². The lowest BCUT2D eigenvalue weighted by Gasteiger charge is -2.09. The number of methoxy groups -OCH3 is 1. The summed E-state index contributed by atoms with van der Waals surface area (Å²) >= 11 is 1.33. The van der Waals surface area contributed by atoms with E-state index in [9.17, 15) is 4.79 Å². The Bertz CT molecular complexity index is 985. The van der Waals surface area contributed by atoms with Crippen molar-refractivity contribution in [3.8, 4) is 5.75 Å². The van der Waals surface area contributed by atoms with Gasteiger partial charge in [-0.15, -0.1) is 10.2 Å². The molecule has 2 heterocycles. The average Bonchev–Trinajstić information content (AvgIpc) is 3.09. The van der Waals surface area contributed by atoms with Gasteiger partial charge < -0.3 is 9.15 Å². The Labute approximate surface area is 149 Å². The van der Waals surface area contributed by atoms with Crippen LogP contribution >= 0.6 is 11.3 Å². The highest BCUT2D eigenvalue weighted by Crippen LogP contribution is 2.34. The van der Waals surface area contributed by atoms with Gasteiger partial charge in [0.1, 0.15) is 22.1 Å². The van der Waals surface area contributed by atoms with Gasteiger partial charge in [0, 0.05) is 23.1 Å². The molecule has 0 aliphatic heterocycles. The van der Waals surface area contributed by atoms with Crippen LogP contribution in [-0.2, 0) is 4.79 Å². The van der Waals surface area contributed by atoms with Crippen LogP contribution in [0, 0.1) is 20.8 Å². The third-order valence-corrected chi connectivity index (χ3v) is 4.78. The number of nitrogens with zero attached hydrogens (tertiary/aromatic N) is 2. The van der Waals surface area contributed by atoms with Crippen LogP contribution in [0.4, 0.5) is 5.13 Å². The highest BCUT2D eigenvalue weighted by molar-refractivity contribution is 7.15. The molecule has 1 N–H and O–H groups in total. The van der Waals surface area contributed by atoms with Crippen LogP contribution in [0.1, 0.15) is 28.8 Å². The summed E-state index contributed by atoms with van der Waals surface area (Å²) in [7, 11) is 1.60. The third-order valence-electron chi connectivity index (χ3n) is 4.03. The second-order valence-corrected chi connectivity index (χ2v) is 6.96. The van der Waals surface area contributed by atoms with Gasteiger partial charge in [-0.25, -0.2) is 0 Å². The summed E-state index contributed by atoms with van der Waals surface area (Å²) in [6.07, 6.45) is 1.53. The number of aryl methyl sites for hydroxylation is 3. The van der Waals surface area contributed by atoms with Crippen LogP contribution in [0.3, 0.4) is 0 Å². The number of carbonyl (C=O) groups is 1. The predicted molar refractivity (Wildman–Crippen MR) is 99.2 cm³/mol. The Morgan fingerprint density at radius 3 is 2.68 bits per heavy atom. The Hall–Kier alpha value is -2.67. The molecule has 3 aromatic rings. The SMILES string of the molecule is COc1cc2oc(C)c(C)c2cc1/C(C)=C/C(=O)Nc1nnc(C)s1. The zero-order valence-corrected chi connectivity index (χ0v) is 15.6. The van der Waals surface area contributed by atoms with Crippen LogP contribution in [0.5, 0.6) is 5.75 Å². The first-order chi connectivity index (χ1) is 11.9. The second kappa shape index (κ2) is 6.68. The van der Waals surface area contributed by atoms with Crippen LogP contribution < -0.4 is 10.1 Å². The Balaban J connectivity index is 1.95. The summed E-state index contributed by atoms with van der Waals surface area (Å²) in [6.45, 7) is 7.66. The van der Waals surface area contributed by atoms with E-state index in [0.29, 0.717) is 10.9 Å². The second-order valence-electron chi connectivity index (χ2n) is 5.77. The van der Waals surface area contributed by atoms with E-state index in [2.05, 4.69) is 15.5 Å². The van der Waals surface area contributed by atoms with Crippen LogP contribution in [-0.4, -0.2) is 23.2 Å². The molecule has 0 fully saturated rings. The Kier molecular flexibility index (Phi) is 4.59. The van der Waals surface area contributed by atoms with E-state index in [4.69, 9.17) is 9.15 Å². The lowest BCUT2D eigenvalue weighted by atomic mass is 10.0. The molecule has 1 aromatic carbocycles. The maximum atomic E-state index is 12.2. The molecule has 0 aliphatic carbocycles. The van der Waals surface area contributed by atoms with Crippen molar-refractivity contribution in [2.24, 2.45) is 0 Å². The molecular formula is C18H19N3O3S. The Morgan fingerprint density at radius 1 is 1.28 bits per heavy atom. The van der Waals surface area contributed by atoms with Gasteiger partial charge >= 0.3 is 0 Å². The number of rotatable bonds is 4. The van der Waals surface area contributed by atoms with Gasteiger partial charge in [0.05, 0.1) is 7.11 Å². The van der Waals surface area contributed by atoms with Gasteiger partial charge in [-0.05, 0) is 44.9 Å². The summed E-state index contributed by atoms with van der Waals surface area (Å²) in [5.74, 6) is 1.28. The first-order valence-electron chi connectivity index (χ1n) is 7.76. The summed E-state index contributed by atoms with van der Waals surface area (Å²) in [5, 5.41) is 12.8. The number of aromatic nitrogens is 2. The first kappa shape index (κ1) is 17.2. The molecular weight excluding hydrogens is 338 g/mol. The first-order valence-corrected chi connectivity index (χ1v) is 8.58. The number of allylic oxidation sites excluding steroid dienone is 1. The lowest BCUT2D eigenvalue weighted by Crippen LogP contribution is -2.08. The van der Waals surface area contributed by atoms with Crippen LogP contribution in [0.15, 0.2) is 22.6 Å². The van der Waals surface area contributed by atoms with Crippen molar-refractivity contribution >= 4 is 38.9 Å². The number of fused-ring (bicyclic) bond motifs is 1. The molecule has 0 radical (unpaired) electrons. The molecule has 6 nitrogen and oxygen atoms in total. The summed E-state index contributed by atoms with van der Waals surface area (Å²) in [6, 6.07) is 3.85. The molecule has 0 unspecified atom stereocenters. The lowest BCUT2D eigenvalue weighted by molar-refractivity contribution is -0.111. The summed E-state index contributed by atoms with van der Waals surface area (Å²) in [5.41, 5.74) is 3.50. The predicted octanol–water partition coefficient (Wildman–Crippen LogP) is 4.26. The van der Waals surface area contributed by atoms with Gasteiger partial charge in [-0.3, -0.25) is 10.1 Å². The standard InChI is InChI=1S/C18H19N3O3S/c1-9(6-17(22)19-18-21-20-12(4)25-18)13-7-14-10(2)11(3)24-16(14)8-15(13)23-5/h6-8H,1-5H3,(H,19,21,22)/b9-6+. The quantitative estimate of drug-likeness (QED) is 0.706. The van der Waals surface area contributed by atoms with E-state index in [0.717, 1.165) is 38.4 Å². The van der Waals surface area contributed by atoms with E-state index >= 15 is 0 Å². The van der Waals surface area contributed by atoms with Crippen molar-refractivity contribution in [2.45, 2.75) is 27.7 Å². The fraction of sp³-hybridized carbons (Fsp3) is 0.278. The minimum absolute atomic E-state index is 0.254. The normalized spacial score (nSPS) is 11.8. The minimum atomic E-state index is -0.254. The minimum Gasteiger partial charge on any atom is -0.496 e. The number of carbonyl (C=O) groups excluding carboxylic acids is 1. The third kappa shape index (κ3) is 3.41. The number of anilines is 1. The number of hydrogen-bond acceptors (Lipinski definition) is 6. The number of amides is 1. The van der Waals surface area contributed by atoms with Gasteiger partial charge in [-0.1, -0.05) is 11.3 Å². The monoisotopic (exact) mass is 357 g/mol. The smallest absolute Gasteiger partial charge is 0.250 e. The van der Waals surface area contributed by atoms with Gasteiger partial charge in [0.15, 0.2) is 0 Å². The molecule has 1 amide bonds. The molecule has 0 spiro atoms. The maximum Gasteiger partial charge on any atom is 0.250 e. The fourth-order valence-corrected chi connectivity index (χ4v) is 3.20. The number of hydrogen-bond donors (Lipinski definition) is 1. The van der Waals surface area contributed by atoms with Crippen molar-refractivity contribution in [2.75, 3.05) is 12.4 Å². The highest BCUT2D eigenvalue weighted by atomic mass is 32.1. The number of ether oxygens (including phenoxy) is 1. The molecule has 3 rings (SSSR count). The zero-order valence-electron chi connectivity index (χ0n) is 14.8. The van der Waals surface area contributed by atoms with Crippen molar-refractivity contribution in [3.63, 3.8) is 0 Å². The van der Waals surface area contributed by atoms with Crippen LogP contribution in [0.25, 0.3) is 16.5 Å². The summed E-state index contributed by atoms with van der Waals surface area (Å²) in [4.78, 5) is 12.2. The number of nitrogens with one attached hydrogen (secondary N) is 1. The van der Waals surface area contributed by atoms with Crippen molar-refractivity contribution in [3.05, 3.63) is 40.1 Å². The largest absolute Gasteiger partial charge is 0.496 e. The van der Waals surface area contributed by atoms with E-state index < -0.39 is 0 Å². The van der Waals surface area contributed by atoms with Gasteiger partial charge in [0.25, 0.3) is 0 Å². The van der Waals surface area contributed by atoms with Crippen molar-refractivity contribution in [1.29, 1.82) is 0 Å². The molecule has 0 saturated carbocycles. The molecule has 7 heteroatoms. The molecule has 2 aromatic heterocycles. The van der Waals surface area contributed by atoms with Crippen molar-refractivity contribution < 1.29 is 13.9 Å². The summed E-state index contributed by atoms with van der Waals surface area (Å²) < 4.78 is 11.2. The number of benzene rings is 1. The molecule has 0 bridgehead atoms. The number of furan rings is 1. The molecule has 25 heavy (non-hydrogen) atoms. The topological polar surface area (TPSA) is 77.2 Å². The van der Waals surface area contributed by atoms with E-state index in [1.165, 1.54) is 17.4 Å². The van der Waals surface area contributed by atoms with Crippen LogP contribution in [0.2, 0.25) is 0 Å². The molecule has 0 saturated heterocycles. The Morgan fingerprint density at radius 2 is 2.04 bits per heavy atom. The molecule has 130 valence electrons. The van der Waals surface area contributed by atoms with Gasteiger partial charge in [-0.2, -0.15) is 0 Å². The molecule has 0 aliphatic rings. The highest BCUT2D eigenvalue weighted by Gasteiger charge is 2.14. The van der Waals surface area contributed by atoms with Gasteiger partial charge in [0.2, 0.25) is 11.0 Å². The zero-order chi connectivity index (χ0) is 18.1. The molecule has 0 atom stereocenters. The maximum absolute atomic E-state index is 12.2. The fourth-order valence-electron chi connectivity index (χ4n) is 2.61.